The maximum Gasteiger partial charge on any atom is 0.472 e. The number of phosphoric ester groups is 1. The van der Waals surface area contributed by atoms with Crippen molar-refractivity contribution in [1.82, 2.24) is 0 Å². The third-order valence-corrected chi connectivity index (χ3v) is 14.0. The van der Waals surface area contributed by atoms with E-state index in [4.69, 9.17) is 18.5 Å². The van der Waals surface area contributed by atoms with Crippen LogP contribution < -0.4 is 0 Å². The maximum absolute atomic E-state index is 12.8. The van der Waals surface area contributed by atoms with Crippen LogP contribution in [0.3, 0.4) is 0 Å². The minimum atomic E-state index is -4.43. The topological polar surface area (TPSA) is 108 Å². The molecule has 0 bridgehead atoms. The SMILES string of the molecule is CC/C=C\C/C=C\C/C=C\C/C=C\C/C=C\C/C=C\C/C=C\C/C=C\C/C=C\C/C=C\C/C=C\C/C=C\CCCCC(=O)OC(COC(=O)CCCCCCCC/C=C\C/C=C\C/C=C\C/C=C\C/C=C\C/C=C\CC)COP(=O)(O)OCC[N+](C)(C)C. The third-order valence-electron chi connectivity index (χ3n) is 13.0. The standard InChI is InChI=1S/C78H120NO8P/c1-6-8-10-12-14-16-18-20-22-24-26-28-30-32-33-34-35-36-37-38-39-40-41-42-43-44-45-47-49-51-53-55-57-59-61-63-65-67-69-71-78(81)87-76(75-86-88(82,83)85-73-72-79(3,4)5)74-84-77(80)70-68-66-64-62-60-58-56-54-52-50-48-46-31-29-27-25-23-21-19-17-15-13-11-9-7-2/h8-11,14-17,20-23,26-29,32-33,35-36,38-39,41-42,44-46,48-49,51-52,54-55,57,61,63,76H,6-7,12-13,18-19,24-25,30-31,34,37,40,43,47,50,53,56,58-60,62,64-75H2,1-5H3/p+1/b10-8-,11-9-,16-14-,17-15-,22-20-,23-21-,28-26-,29-27-,33-32-,36-35-,39-38-,42-41-,45-44-,48-46-,51-49-,54-52-,57-55-,63-61-. The summed E-state index contributed by atoms with van der Waals surface area (Å²) in [5, 5.41) is 0. The Bertz CT molecular complexity index is 2280. The zero-order chi connectivity index (χ0) is 64.1. The molecular formula is C78H121NO8P+. The van der Waals surface area contributed by atoms with Crippen molar-refractivity contribution in [2.75, 3.05) is 47.5 Å². The van der Waals surface area contributed by atoms with Crippen molar-refractivity contribution >= 4 is 19.8 Å². The highest BCUT2D eigenvalue weighted by Crippen LogP contribution is 2.43. The molecule has 10 heteroatoms. The highest BCUT2D eigenvalue weighted by atomic mass is 31.2. The second-order valence-corrected chi connectivity index (χ2v) is 23.8. The number of hydrogen-bond acceptors (Lipinski definition) is 7. The molecule has 0 fully saturated rings. The first-order chi connectivity index (χ1) is 43.0. The van der Waals surface area contributed by atoms with Crippen molar-refractivity contribution in [3.8, 4) is 0 Å². The number of rotatable bonds is 58. The van der Waals surface area contributed by atoms with Gasteiger partial charge in [-0.1, -0.05) is 258 Å². The van der Waals surface area contributed by atoms with Crippen LogP contribution in [0.5, 0.6) is 0 Å². The fourth-order valence-electron chi connectivity index (χ4n) is 7.94. The molecular weight excluding hydrogens is 1110 g/mol. The van der Waals surface area contributed by atoms with Crippen molar-refractivity contribution < 1.29 is 42.1 Å². The van der Waals surface area contributed by atoms with Crippen molar-refractivity contribution in [3.63, 3.8) is 0 Å². The van der Waals surface area contributed by atoms with Gasteiger partial charge in [-0.2, -0.15) is 0 Å². The number of ether oxygens (including phenoxy) is 2. The Hall–Kier alpha value is -5.67. The van der Waals surface area contributed by atoms with Crippen LogP contribution in [0.1, 0.15) is 206 Å². The molecule has 0 aliphatic rings. The molecule has 1 N–H and O–H groups in total. The number of esters is 2. The Labute approximate surface area is 538 Å². The molecule has 88 heavy (non-hydrogen) atoms. The first-order valence-corrected chi connectivity index (χ1v) is 35.0. The van der Waals surface area contributed by atoms with Crippen LogP contribution in [-0.2, 0) is 32.7 Å². The second-order valence-electron chi connectivity index (χ2n) is 22.4. The van der Waals surface area contributed by atoms with E-state index in [0.29, 0.717) is 23.9 Å². The van der Waals surface area contributed by atoms with Gasteiger partial charge in [0.25, 0.3) is 0 Å². The van der Waals surface area contributed by atoms with Crippen LogP contribution in [-0.4, -0.2) is 74.9 Å². The largest absolute Gasteiger partial charge is 0.472 e. The smallest absolute Gasteiger partial charge is 0.462 e. The van der Waals surface area contributed by atoms with Gasteiger partial charge in [0.2, 0.25) is 0 Å². The lowest BCUT2D eigenvalue weighted by Crippen LogP contribution is -2.37. The molecule has 0 spiro atoms. The summed E-state index contributed by atoms with van der Waals surface area (Å²) in [5.41, 5.74) is 0. The first-order valence-electron chi connectivity index (χ1n) is 33.5. The monoisotopic (exact) mass is 1230 g/mol. The van der Waals surface area contributed by atoms with Crippen molar-refractivity contribution in [2.45, 2.75) is 213 Å². The molecule has 0 saturated carbocycles. The number of nitrogens with zero attached hydrogens (tertiary/aromatic N) is 1. The van der Waals surface area contributed by atoms with E-state index in [2.05, 4.69) is 233 Å². The number of carbonyl (C=O) groups excluding carboxylic acids is 2. The predicted molar refractivity (Wildman–Crippen MR) is 380 cm³/mol. The van der Waals surface area contributed by atoms with E-state index in [0.717, 1.165) is 167 Å². The van der Waals surface area contributed by atoms with E-state index in [1.165, 1.54) is 0 Å². The van der Waals surface area contributed by atoms with Crippen molar-refractivity contribution in [3.05, 3.63) is 219 Å². The van der Waals surface area contributed by atoms with Crippen LogP contribution in [0.25, 0.3) is 0 Å². The third kappa shape index (κ3) is 69.4. The highest BCUT2D eigenvalue weighted by Gasteiger charge is 2.27. The molecule has 0 amide bonds. The molecule has 490 valence electrons. The summed E-state index contributed by atoms with van der Waals surface area (Å²) in [6.07, 6.45) is 106. The maximum atomic E-state index is 12.8. The Balaban J connectivity index is 4.29. The van der Waals surface area contributed by atoms with Gasteiger partial charge < -0.3 is 18.9 Å². The number of hydrogen-bond donors (Lipinski definition) is 1. The Morgan fingerprint density at radius 1 is 0.352 bits per heavy atom. The fourth-order valence-corrected chi connectivity index (χ4v) is 8.68. The normalized spacial score (nSPS) is 14.6. The fraction of sp³-hybridized carbons (Fsp3) is 0.513. The molecule has 0 aromatic carbocycles. The zero-order valence-electron chi connectivity index (χ0n) is 55.6. The van der Waals surface area contributed by atoms with Crippen LogP contribution in [0.4, 0.5) is 0 Å². The summed E-state index contributed by atoms with van der Waals surface area (Å²) in [5.74, 6) is -0.886. The Morgan fingerprint density at radius 2 is 0.614 bits per heavy atom. The van der Waals surface area contributed by atoms with E-state index in [9.17, 15) is 19.0 Å². The van der Waals surface area contributed by atoms with Gasteiger partial charge in [-0.25, -0.2) is 4.57 Å². The highest BCUT2D eigenvalue weighted by molar-refractivity contribution is 7.47. The van der Waals surface area contributed by atoms with E-state index in [1.807, 2.05) is 21.1 Å². The first kappa shape index (κ1) is 82.3. The molecule has 2 unspecified atom stereocenters. The van der Waals surface area contributed by atoms with Gasteiger partial charge in [-0.3, -0.25) is 18.6 Å². The summed E-state index contributed by atoms with van der Waals surface area (Å²) in [4.78, 5) is 35.8. The molecule has 0 aromatic rings. The zero-order valence-corrected chi connectivity index (χ0v) is 56.5. The van der Waals surface area contributed by atoms with Crippen LogP contribution in [0, 0.1) is 0 Å². The number of quaternary nitrogens is 1. The molecule has 0 rings (SSSR count). The minimum Gasteiger partial charge on any atom is -0.462 e. The van der Waals surface area contributed by atoms with Gasteiger partial charge in [-0.05, 0) is 154 Å². The average molecular weight is 1230 g/mol. The van der Waals surface area contributed by atoms with Gasteiger partial charge in [0.15, 0.2) is 6.10 Å². The van der Waals surface area contributed by atoms with E-state index < -0.39 is 32.5 Å². The summed E-state index contributed by atoms with van der Waals surface area (Å²) < 4.78 is 34.6. The van der Waals surface area contributed by atoms with E-state index in [1.54, 1.807) is 0 Å². The summed E-state index contributed by atoms with van der Waals surface area (Å²) >= 11 is 0. The number of carbonyl (C=O) groups is 2. The van der Waals surface area contributed by atoms with Gasteiger partial charge in [0, 0.05) is 12.8 Å². The summed E-state index contributed by atoms with van der Waals surface area (Å²) in [6.45, 7) is 4.10. The van der Waals surface area contributed by atoms with Gasteiger partial charge in [0.1, 0.15) is 19.8 Å². The molecule has 0 saturated heterocycles. The van der Waals surface area contributed by atoms with E-state index in [-0.39, 0.29) is 26.1 Å². The van der Waals surface area contributed by atoms with Crippen molar-refractivity contribution in [2.24, 2.45) is 0 Å². The lowest BCUT2D eigenvalue weighted by atomic mass is 10.1. The Kier molecular flexibility index (Phi) is 61.5. The lowest BCUT2D eigenvalue weighted by Gasteiger charge is -2.24. The van der Waals surface area contributed by atoms with E-state index >= 15 is 0 Å². The molecule has 9 nitrogen and oxygen atoms in total. The van der Waals surface area contributed by atoms with Gasteiger partial charge in [0.05, 0.1) is 27.7 Å². The molecule has 0 aliphatic heterocycles. The lowest BCUT2D eigenvalue weighted by molar-refractivity contribution is -0.870. The molecule has 2 atom stereocenters. The van der Waals surface area contributed by atoms with Crippen molar-refractivity contribution in [1.29, 1.82) is 0 Å². The van der Waals surface area contributed by atoms with Gasteiger partial charge in [-0.15, -0.1) is 0 Å². The number of phosphoric acid groups is 1. The molecule has 0 aromatic heterocycles. The van der Waals surface area contributed by atoms with Gasteiger partial charge >= 0.3 is 19.8 Å². The number of allylic oxidation sites excluding steroid dienone is 36. The summed E-state index contributed by atoms with van der Waals surface area (Å²) in [7, 11) is 1.40. The van der Waals surface area contributed by atoms with Crippen LogP contribution in [0.15, 0.2) is 219 Å². The second kappa shape index (κ2) is 65.8. The number of unbranched alkanes of at least 4 members (excludes halogenated alkanes) is 8. The predicted octanol–water partition coefficient (Wildman–Crippen LogP) is 22.0. The quantitative estimate of drug-likeness (QED) is 0.0211. The van der Waals surface area contributed by atoms with Crippen LogP contribution in [0.2, 0.25) is 0 Å². The molecule has 0 aliphatic carbocycles. The average Bonchev–Trinajstić information content (AvgIpc) is 3.68. The van der Waals surface area contributed by atoms with Crippen LogP contribution >= 0.6 is 7.82 Å². The molecule has 0 radical (unpaired) electrons. The molecule has 0 heterocycles. The number of likely N-dealkylation sites (N-methyl/N-ethyl adjacent to an activating group) is 1. The minimum absolute atomic E-state index is 0.00702. The summed E-state index contributed by atoms with van der Waals surface area (Å²) in [6, 6.07) is 0. The Morgan fingerprint density at radius 3 is 0.932 bits per heavy atom.